The largest absolute Gasteiger partial charge is 0.383 e. The maximum absolute atomic E-state index is 12.9. The highest BCUT2D eigenvalue weighted by atomic mass is 35.5. The number of amides is 1. The molecule has 0 bridgehead atoms. The number of carbonyl (C=O) groups is 1. The summed E-state index contributed by atoms with van der Waals surface area (Å²) >= 11 is 5.71. The summed E-state index contributed by atoms with van der Waals surface area (Å²) < 4.78 is 17.7. The number of hydrogen-bond donors (Lipinski definition) is 0. The van der Waals surface area contributed by atoms with E-state index in [2.05, 4.69) is 4.98 Å². The molecule has 0 saturated heterocycles. The fraction of sp³-hybridized carbons (Fsp3) is 0.400. The van der Waals surface area contributed by atoms with Crippen molar-refractivity contribution < 1.29 is 13.9 Å². The second kappa shape index (κ2) is 5.77. The lowest BCUT2D eigenvalue weighted by Crippen LogP contribution is -2.30. The highest BCUT2D eigenvalue weighted by Gasteiger charge is 2.16. The molecule has 0 fully saturated rings. The first kappa shape index (κ1) is 12.9. The van der Waals surface area contributed by atoms with Gasteiger partial charge >= 0.3 is 0 Å². The molecule has 0 aliphatic rings. The average Bonchev–Trinajstić information content (AvgIpc) is 2.28. The number of halogens is 2. The van der Waals surface area contributed by atoms with Gasteiger partial charge in [-0.1, -0.05) is 11.6 Å². The molecule has 0 aliphatic heterocycles. The van der Waals surface area contributed by atoms with E-state index in [4.69, 9.17) is 16.3 Å². The third kappa shape index (κ3) is 3.15. The van der Waals surface area contributed by atoms with Gasteiger partial charge in [0.25, 0.3) is 5.91 Å². The predicted molar refractivity (Wildman–Crippen MR) is 58.0 cm³/mol. The molecule has 6 heteroatoms. The number of aromatic nitrogens is 1. The molecule has 0 unspecified atom stereocenters. The van der Waals surface area contributed by atoms with Crippen LogP contribution in [0.15, 0.2) is 12.3 Å². The molecule has 16 heavy (non-hydrogen) atoms. The lowest BCUT2D eigenvalue weighted by molar-refractivity contribution is 0.0743. The molecule has 0 atom stereocenters. The first-order chi connectivity index (χ1) is 7.56. The molecule has 1 amide bonds. The van der Waals surface area contributed by atoms with Gasteiger partial charge in [0.2, 0.25) is 0 Å². The maximum Gasteiger partial charge on any atom is 0.256 e. The molecule has 0 aliphatic carbocycles. The number of pyridine rings is 1. The number of hydrogen-bond acceptors (Lipinski definition) is 3. The van der Waals surface area contributed by atoms with Crippen LogP contribution in [0.1, 0.15) is 10.4 Å². The molecule has 1 rings (SSSR count). The molecule has 1 aromatic rings. The lowest BCUT2D eigenvalue weighted by atomic mass is 10.2. The van der Waals surface area contributed by atoms with Crippen molar-refractivity contribution in [1.29, 1.82) is 0 Å². The minimum absolute atomic E-state index is 0.00401. The van der Waals surface area contributed by atoms with Crippen LogP contribution in [-0.4, -0.2) is 43.1 Å². The highest BCUT2D eigenvalue weighted by Crippen LogP contribution is 2.15. The standard InChI is InChI=1S/C10H12ClFN2O2/c1-14(3-4-16-2)10(15)8-5-7(12)6-13-9(8)11/h5-6H,3-4H2,1-2H3. The van der Waals surface area contributed by atoms with E-state index in [0.29, 0.717) is 13.2 Å². The van der Waals surface area contributed by atoms with Crippen molar-refractivity contribution in [2.45, 2.75) is 0 Å². The SMILES string of the molecule is COCCN(C)C(=O)c1cc(F)cnc1Cl. The molecule has 0 aromatic carbocycles. The molecule has 0 saturated carbocycles. The van der Waals surface area contributed by atoms with E-state index in [9.17, 15) is 9.18 Å². The zero-order valence-electron chi connectivity index (χ0n) is 9.04. The van der Waals surface area contributed by atoms with Gasteiger partial charge in [0.15, 0.2) is 0 Å². The summed E-state index contributed by atoms with van der Waals surface area (Å²) in [6.07, 6.45) is 0.967. The van der Waals surface area contributed by atoms with Crippen molar-refractivity contribution >= 4 is 17.5 Å². The van der Waals surface area contributed by atoms with Crippen LogP contribution in [0, 0.1) is 5.82 Å². The third-order valence-electron chi connectivity index (χ3n) is 2.01. The number of carbonyl (C=O) groups excluding carboxylic acids is 1. The van der Waals surface area contributed by atoms with Crippen LogP contribution in [0.4, 0.5) is 4.39 Å². The molecule has 1 aromatic heterocycles. The summed E-state index contributed by atoms with van der Waals surface area (Å²) in [6.45, 7) is 0.810. The van der Waals surface area contributed by atoms with E-state index < -0.39 is 5.82 Å². The van der Waals surface area contributed by atoms with Crippen LogP contribution in [0.25, 0.3) is 0 Å². The fourth-order valence-electron chi connectivity index (χ4n) is 1.11. The van der Waals surface area contributed by atoms with Crippen LogP contribution in [0.2, 0.25) is 5.15 Å². The van der Waals surface area contributed by atoms with Crippen molar-refractivity contribution in [1.82, 2.24) is 9.88 Å². The van der Waals surface area contributed by atoms with Crippen molar-refractivity contribution in [3.05, 3.63) is 28.8 Å². The molecule has 4 nitrogen and oxygen atoms in total. The first-order valence-corrected chi connectivity index (χ1v) is 4.99. The Morgan fingerprint density at radius 2 is 2.38 bits per heavy atom. The normalized spacial score (nSPS) is 10.2. The van der Waals surface area contributed by atoms with Crippen LogP contribution < -0.4 is 0 Å². The van der Waals surface area contributed by atoms with Gasteiger partial charge < -0.3 is 9.64 Å². The Balaban J connectivity index is 2.83. The monoisotopic (exact) mass is 246 g/mol. The highest BCUT2D eigenvalue weighted by molar-refractivity contribution is 6.32. The lowest BCUT2D eigenvalue weighted by Gasteiger charge is -2.16. The number of rotatable bonds is 4. The van der Waals surface area contributed by atoms with Crippen molar-refractivity contribution in [2.24, 2.45) is 0 Å². The fourth-order valence-corrected chi connectivity index (χ4v) is 1.29. The van der Waals surface area contributed by atoms with Gasteiger partial charge in [-0.15, -0.1) is 0 Å². The Hall–Kier alpha value is -1.20. The third-order valence-corrected chi connectivity index (χ3v) is 2.31. The molecule has 1 heterocycles. The van der Waals surface area contributed by atoms with Gasteiger partial charge in [0, 0.05) is 20.7 Å². The minimum Gasteiger partial charge on any atom is -0.383 e. The zero-order valence-corrected chi connectivity index (χ0v) is 9.79. The summed E-state index contributed by atoms with van der Waals surface area (Å²) in [5, 5.41) is -0.00401. The molecular weight excluding hydrogens is 235 g/mol. The molecule has 0 spiro atoms. The van der Waals surface area contributed by atoms with Gasteiger partial charge in [-0.3, -0.25) is 4.79 Å². The van der Waals surface area contributed by atoms with Crippen molar-refractivity contribution in [3.8, 4) is 0 Å². The first-order valence-electron chi connectivity index (χ1n) is 4.61. The Morgan fingerprint density at radius 1 is 1.69 bits per heavy atom. The second-order valence-electron chi connectivity index (χ2n) is 3.21. The molecule has 0 radical (unpaired) electrons. The van der Waals surface area contributed by atoms with Crippen molar-refractivity contribution in [2.75, 3.05) is 27.3 Å². The Labute approximate surface area is 98.0 Å². The van der Waals surface area contributed by atoms with Gasteiger partial charge in [0.1, 0.15) is 11.0 Å². The molecule has 88 valence electrons. The zero-order chi connectivity index (χ0) is 12.1. The number of likely N-dealkylation sites (N-methyl/N-ethyl adjacent to an activating group) is 1. The van der Waals surface area contributed by atoms with Crippen LogP contribution in [-0.2, 0) is 4.74 Å². The Bertz CT molecular complexity index is 387. The summed E-state index contributed by atoms with van der Waals surface area (Å²) in [5.41, 5.74) is 0.0558. The topological polar surface area (TPSA) is 42.4 Å². The van der Waals surface area contributed by atoms with E-state index in [1.54, 1.807) is 7.05 Å². The maximum atomic E-state index is 12.9. The van der Waals surface area contributed by atoms with Gasteiger partial charge in [-0.25, -0.2) is 9.37 Å². The van der Waals surface area contributed by atoms with E-state index in [-0.39, 0.29) is 16.6 Å². The summed E-state index contributed by atoms with van der Waals surface area (Å²) in [5.74, 6) is -0.970. The second-order valence-corrected chi connectivity index (χ2v) is 3.57. The van der Waals surface area contributed by atoms with Crippen LogP contribution in [0.3, 0.4) is 0 Å². The van der Waals surface area contributed by atoms with Gasteiger partial charge in [-0.2, -0.15) is 0 Å². The Kier molecular flexibility index (Phi) is 4.64. The van der Waals surface area contributed by atoms with Gasteiger partial charge in [0.05, 0.1) is 18.4 Å². The average molecular weight is 247 g/mol. The van der Waals surface area contributed by atoms with Crippen LogP contribution >= 0.6 is 11.6 Å². The van der Waals surface area contributed by atoms with Crippen LogP contribution in [0.5, 0.6) is 0 Å². The number of nitrogens with zero attached hydrogens (tertiary/aromatic N) is 2. The van der Waals surface area contributed by atoms with E-state index in [1.807, 2.05) is 0 Å². The smallest absolute Gasteiger partial charge is 0.256 e. The summed E-state index contributed by atoms with van der Waals surface area (Å²) in [4.78, 5) is 16.8. The van der Waals surface area contributed by atoms with E-state index in [1.165, 1.54) is 12.0 Å². The number of methoxy groups -OCH3 is 1. The molecular formula is C10H12ClFN2O2. The molecule has 0 N–H and O–H groups in total. The summed E-state index contributed by atoms with van der Waals surface area (Å²) in [7, 11) is 3.12. The van der Waals surface area contributed by atoms with E-state index >= 15 is 0 Å². The minimum atomic E-state index is -0.590. The summed E-state index contributed by atoms with van der Waals surface area (Å²) in [6, 6.07) is 1.07. The van der Waals surface area contributed by atoms with E-state index in [0.717, 1.165) is 12.3 Å². The Morgan fingerprint density at radius 3 is 3.00 bits per heavy atom. The quantitative estimate of drug-likeness (QED) is 0.758. The number of ether oxygens (including phenoxy) is 1. The predicted octanol–water partition coefficient (Wildman–Crippen LogP) is 1.59. The van der Waals surface area contributed by atoms with Crippen molar-refractivity contribution in [3.63, 3.8) is 0 Å². The van der Waals surface area contributed by atoms with Gasteiger partial charge in [-0.05, 0) is 6.07 Å².